The Morgan fingerprint density at radius 2 is 1.89 bits per heavy atom. The zero-order valence-electron chi connectivity index (χ0n) is 11.1. The number of hydrogen-bond donors (Lipinski definition) is 1. The minimum Gasteiger partial charge on any atom is -0.313 e. The fourth-order valence-corrected chi connectivity index (χ4v) is 3.45. The molecule has 2 fully saturated rings. The first kappa shape index (κ1) is 12.2. The van der Waals surface area contributed by atoms with Crippen LogP contribution < -0.4 is 5.32 Å². The number of nitrogens with zero attached hydrogens (tertiary/aromatic N) is 1. The molecule has 0 unspecified atom stereocenters. The molecule has 2 aliphatic rings. The van der Waals surface area contributed by atoms with Crippen molar-refractivity contribution in [2.24, 2.45) is 0 Å². The fourth-order valence-electron chi connectivity index (χ4n) is 3.45. The third-order valence-corrected chi connectivity index (χ3v) is 4.44. The molecule has 2 atom stereocenters. The summed E-state index contributed by atoms with van der Waals surface area (Å²) in [6, 6.07) is 11.7. The van der Waals surface area contributed by atoms with Crippen LogP contribution in [0.4, 0.5) is 0 Å². The van der Waals surface area contributed by atoms with Crippen LogP contribution in [0.5, 0.6) is 0 Å². The van der Waals surface area contributed by atoms with Gasteiger partial charge in [0.25, 0.3) is 0 Å². The van der Waals surface area contributed by atoms with Crippen LogP contribution in [0.25, 0.3) is 0 Å². The van der Waals surface area contributed by atoms with Crippen molar-refractivity contribution in [3.63, 3.8) is 0 Å². The van der Waals surface area contributed by atoms with Crippen molar-refractivity contribution in [2.45, 2.75) is 37.6 Å². The van der Waals surface area contributed by atoms with Gasteiger partial charge < -0.3 is 10.2 Å². The lowest BCUT2D eigenvalue weighted by molar-refractivity contribution is 0.251. The molecule has 1 N–H and O–H groups in total. The normalized spacial score (nSPS) is 29.6. The largest absolute Gasteiger partial charge is 0.313 e. The maximum absolute atomic E-state index is 3.70. The summed E-state index contributed by atoms with van der Waals surface area (Å²) in [5.41, 5.74) is 1.53. The monoisotopic (exact) mass is 244 g/mol. The Bertz CT molecular complexity index is 357. The predicted molar refractivity (Wildman–Crippen MR) is 75.9 cm³/mol. The van der Waals surface area contributed by atoms with Crippen molar-refractivity contribution in [1.82, 2.24) is 10.2 Å². The first-order valence-corrected chi connectivity index (χ1v) is 7.42. The lowest BCUT2D eigenvalue weighted by atomic mass is 9.86. The Hall–Kier alpha value is -0.860. The van der Waals surface area contributed by atoms with E-state index in [0.717, 1.165) is 5.92 Å². The third kappa shape index (κ3) is 2.93. The van der Waals surface area contributed by atoms with E-state index in [1.54, 1.807) is 0 Å². The van der Waals surface area contributed by atoms with Crippen LogP contribution in [0.15, 0.2) is 30.3 Å². The van der Waals surface area contributed by atoms with Crippen molar-refractivity contribution in [1.29, 1.82) is 0 Å². The molecule has 1 aromatic rings. The van der Waals surface area contributed by atoms with Crippen molar-refractivity contribution in [3.8, 4) is 0 Å². The lowest BCUT2D eigenvalue weighted by Gasteiger charge is -2.33. The SMILES string of the molecule is c1ccc([C@H]2CCN[C@@H](CN3CCCC3)C2)cc1. The minimum absolute atomic E-state index is 0.696. The fraction of sp³-hybridized carbons (Fsp3) is 0.625. The van der Waals surface area contributed by atoms with E-state index in [1.807, 2.05) is 0 Å². The van der Waals surface area contributed by atoms with Crippen molar-refractivity contribution in [3.05, 3.63) is 35.9 Å². The quantitative estimate of drug-likeness (QED) is 0.879. The summed E-state index contributed by atoms with van der Waals surface area (Å²) in [5, 5.41) is 3.70. The van der Waals surface area contributed by atoms with Gasteiger partial charge in [-0.25, -0.2) is 0 Å². The van der Waals surface area contributed by atoms with Crippen LogP contribution in [0, 0.1) is 0 Å². The first-order valence-electron chi connectivity index (χ1n) is 7.42. The molecule has 0 radical (unpaired) electrons. The molecule has 98 valence electrons. The molecule has 2 aliphatic heterocycles. The second kappa shape index (κ2) is 5.85. The summed E-state index contributed by atoms with van der Waals surface area (Å²) in [5.74, 6) is 0.764. The van der Waals surface area contributed by atoms with Crippen LogP contribution in [-0.4, -0.2) is 37.1 Å². The zero-order valence-corrected chi connectivity index (χ0v) is 11.1. The van der Waals surface area contributed by atoms with E-state index in [0.29, 0.717) is 6.04 Å². The summed E-state index contributed by atoms with van der Waals surface area (Å²) >= 11 is 0. The number of nitrogens with one attached hydrogen (secondary N) is 1. The summed E-state index contributed by atoms with van der Waals surface area (Å²) in [6.45, 7) is 5.06. The van der Waals surface area contributed by atoms with E-state index in [1.165, 1.54) is 57.4 Å². The van der Waals surface area contributed by atoms with E-state index in [-0.39, 0.29) is 0 Å². The molecule has 2 heterocycles. The van der Waals surface area contributed by atoms with Gasteiger partial charge in [-0.3, -0.25) is 0 Å². The summed E-state index contributed by atoms with van der Waals surface area (Å²) < 4.78 is 0. The van der Waals surface area contributed by atoms with Crippen molar-refractivity contribution < 1.29 is 0 Å². The second-order valence-electron chi connectivity index (χ2n) is 5.79. The van der Waals surface area contributed by atoms with Crippen LogP contribution in [-0.2, 0) is 0 Å². The molecule has 1 aromatic carbocycles. The third-order valence-electron chi connectivity index (χ3n) is 4.44. The highest BCUT2D eigenvalue weighted by molar-refractivity contribution is 5.20. The molecule has 0 saturated carbocycles. The Morgan fingerprint density at radius 1 is 1.11 bits per heavy atom. The van der Waals surface area contributed by atoms with Gasteiger partial charge in [-0.15, -0.1) is 0 Å². The molecule has 0 aromatic heterocycles. The van der Waals surface area contributed by atoms with Crippen LogP contribution in [0.2, 0.25) is 0 Å². The molecule has 0 bridgehead atoms. The summed E-state index contributed by atoms with van der Waals surface area (Å²) in [6.07, 6.45) is 5.39. The van der Waals surface area contributed by atoms with E-state index >= 15 is 0 Å². The summed E-state index contributed by atoms with van der Waals surface area (Å²) in [4.78, 5) is 2.63. The molecule has 0 spiro atoms. The maximum atomic E-state index is 3.70. The van der Waals surface area contributed by atoms with E-state index < -0.39 is 0 Å². The molecule has 2 nitrogen and oxygen atoms in total. The smallest absolute Gasteiger partial charge is 0.0200 e. The zero-order chi connectivity index (χ0) is 12.2. The highest BCUT2D eigenvalue weighted by Gasteiger charge is 2.25. The second-order valence-corrected chi connectivity index (χ2v) is 5.79. The molecular formula is C16H24N2. The number of likely N-dealkylation sites (tertiary alicyclic amines) is 1. The molecule has 18 heavy (non-hydrogen) atoms. The Morgan fingerprint density at radius 3 is 2.67 bits per heavy atom. The maximum Gasteiger partial charge on any atom is 0.0200 e. The Kier molecular flexibility index (Phi) is 3.96. The molecule has 3 rings (SSSR count). The summed E-state index contributed by atoms with van der Waals surface area (Å²) in [7, 11) is 0. The molecule has 0 aliphatic carbocycles. The van der Waals surface area contributed by atoms with E-state index in [2.05, 4.69) is 40.5 Å². The number of benzene rings is 1. The van der Waals surface area contributed by atoms with E-state index in [9.17, 15) is 0 Å². The highest BCUT2D eigenvalue weighted by atomic mass is 15.2. The Labute approximate surface area is 110 Å². The Balaban J connectivity index is 1.58. The average Bonchev–Trinajstić information content (AvgIpc) is 2.93. The lowest BCUT2D eigenvalue weighted by Crippen LogP contribution is -2.44. The van der Waals surface area contributed by atoms with Crippen LogP contribution in [0.3, 0.4) is 0 Å². The van der Waals surface area contributed by atoms with Gasteiger partial charge >= 0.3 is 0 Å². The first-order chi connectivity index (χ1) is 8.92. The standard InChI is InChI=1S/C16H24N2/c1-2-6-14(7-3-1)15-8-9-17-16(12-15)13-18-10-4-5-11-18/h1-3,6-7,15-17H,4-5,8-13H2/t15-,16+/m0/s1. The highest BCUT2D eigenvalue weighted by Crippen LogP contribution is 2.28. The number of hydrogen-bond acceptors (Lipinski definition) is 2. The van der Waals surface area contributed by atoms with E-state index in [4.69, 9.17) is 0 Å². The van der Waals surface area contributed by atoms with Gasteiger partial charge in [0, 0.05) is 12.6 Å². The topological polar surface area (TPSA) is 15.3 Å². The molecule has 2 heteroatoms. The van der Waals surface area contributed by atoms with Gasteiger partial charge in [-0.05, 0) is 56.8 Å². The van der Waals surface area contributed by atoms with Gasteiger partial charge in [-0.2, -0.15) is 0 Å². The molecule has 0 amide bonds. The van der Waals surface area contributed by atoms with Crippen LogP contribution in [0.1, 0.15) is 37.2 Å². The molecule has 2 saturated heterocycles. The minimum atomic E-state index is 0.696. The van der Waals surface area contributed by atoms with Gasteiger partial charge in [0.15, 0.2) is 0 Å². The molecular weight excluding hydrogens is 220 g/mol. The van der Waals surface area contributed by atoms with Gasteiger partial charge in [0.05, 0.1) is 0 Å². The van der Waals surface area contributed by atoms with Crippen LogP contribution >= 0.6 is 0 Å². The number of piperidine rings is 1. The predicted octanol–water partition coefficient (Wildman–Crippen LogP) is 2.62. The van der Waals surface area contributed by atoms with Crippen molar-refractivity contribution >= 4 is 0 Å². The van der Waals surface area contributed by atoms with Gasteiger partial charge in [0.2, 0.25) is 0 Å². The van der Waals surface area contributed by atoms with Crippen molar-refractivity contribution in [2.75, 3.05) is 26.2 Å². The van der Waals surface area contributed by atoms with Gasteiger partial charge in [-0.1, -0.05) is 30.3 Å². The average molecular weight is 244 g/mol. The van der Waals surface area contributed by atoms with Gasteiger partial charge in [0.1, 0.15) is 0 Å². The number of rotatable bonds is 3.